The van der Waals surface area contributed by atoms with Crippen LogP contribution < -0.4 is 14.9 Å². The molecule has 0 atom stereocenters. The van der Waals surface area contributed by atoms with Crippen LogP contribution in [-0.4, -0.2) is 28.3 Å². The van der Waals surface area contributed by atoms with E-state index in [2.05, 4.69) is 5.43 Å². The number of hydrogen-bond donors (Lipinski definition) is 1. The van der Waals surface area contributed by atoms with Gasteiger partial charge in [0, 0.05) is 15.6 Å². The average Bonchev–Trinajstić information content (AvgIpc) is 3.11. The van der Waals surface area contributed by atoms with Crippen LogP contribution in [0.5, 0.6) is 11.5 Å². The summed E-state index contributed by atoms with van der Waals surface area (Å²) < 4.78 is 11.6. The third-order valence-electron chi connectivity index (χ3n) is 4.89. The van der Waals surface area contributed by atoms with Crippen molar-refractivity contribution in [2.75, 3.05) is 7.11 Å². The number of thiocarbonyl (C=S) groups is 1. The van der Waals surface area contributed by atoms with Crippen molar-refractivity contribution >= 4 is 69.4 Å². The summed E-state index contributed by atoms with van der Waals surface area (Å²) in [6.45, 7) is 0.345. The second-order valence-corrected chi connectivity index (χ2v) is 9.84. The molecule has 3 aromatic rings. The van der Waals surface area contributed by atoms with Gasteiger partial charge in [0.15, 0.2) is 15.8 Å². The van der Waals surface area contributed by atoms with Crippen molar-refractivity contribution in [2.45, 2.75) is 6.61 Å². The van der Waals surface area contributed by atoms with Crippen molar-refractivity contribution in [1.29, 1.82) is 0 Å². The number of benzene rings is 3. The second kappa shape index (κ2) is 11.1. The minimum Gasteiger partial charge on any atom is -0.493 e. The third kappa shape index (κ3) is 6.15. The standard InChI is InChI=1S/C25H18Cl2N2O4S2/c1-32-21-11-16(7-10-20(21)33-14-15-5-8-18(26)9-6-15)12-22-24(31)29(25(34)35-22)28-23(30)17-3-2-4-19(27)13-17/h2-13H,14H2,1H3,(H,28,30)/b22-12-. The molecule has 0 bridgehead atoms. The highest BCUT2D eigenvalue weighted by Crippen LogP contribution is 2.34. The van der Waals surface area contributed by atoms with Crippen LogP contribution in [0.15, 0.2) is 71.6 Å². The van der Waals surface area contributed by atoms with E-state index < -0.39 is 11.8 Å². The van der Waals surface area contributed by atoms with Gasteiger partial charge in [-0.2, -0.15) is 5.01 Å². The first kappa shape index (κ1) is 25.1. The van der Waals surface area contributed by atoms with E-state index >= 15 is 0 Å². The van der Waals surface area contributed by atoms with Crippen LogP contribution in [0, 0.1) is 0 Å². The molecule has 35 heavy (non-hydrogen) atoms. The summed E-state index contributed by atoms with van der Waals surface area (Å²) in [4.78, 5) is 25.8. The Morgan fingerprint density at radius 3 is 2.54 bits per heavy atom. The fourth-order valence-corrected chi connectivity index (χ4v) is 4.64. The maximum absolute atomic E-state index is 12.9. The SMILES string of the molecule is COc1cc(/C=C2\SC(=S)N(NC(=O)c3cccc(Cl)c3)C2=O)ccc1OCc1ccc(Cl)cc1. The number of hydrazine groups is 1. The van der Waals surface area contributed by atoms with Crippen LogP contribution in [0.4, 0.5) is 0 Å². The fourth-order valence-electron chi connectivity index (χ4n) is 3.15. The van der Waals surface area contributed by atoms with E-state index in [0.717, 1.165) is 22.3 Å². The Labute approximate surface area is 221 Å². The summed E-state index contributed by atoms with van der Waals surface area (Å²) in [7, 11) is 1.54. The molecule has 1 saturated heterocycles. The Balaban J connectivity index is 1.46. The molecule has 0 saturated carbocycles. The molecule has 0 aromatic heterocycles. The van der Waals surface area contributed by atoms with Gasteiger partial charge in [-0.25, -0.2) is 0 Å². The van der Waals surface area contributed by atoms with Gasteiger partial charge in [0.25, 0.3) is 11.8 Å². The topological polar surface area (TPSA) is 67.9 Å². The lowest BCUT2D eigenvalue weighted by Crippen LogP contribution is -2.44. The summed E-state index contributed by atoms with van der Waals surface area (Å²) in [5, 5.41) is 2.12. The van der Waals surface area contributed by atoms with Crippen molar-refractivity contribution in [1.82, 2.24) is 10.4 Å². The maximum Gasteiger partial charge on any atom is 0.285 e. The fraction of sp³-hybridized carbons (Fsp3) is 0.0800. The number of ether oxygens (including phenoxy) is 2. The van der Waals surface area contributed by atoms with Crippen LogP contribution >= 0.6 is 47.2 Å². The third-order valence-corrected chi connectivity index (χ3v) is 6.68. The van der Waals surface area contributed by atoms with E-state index in [1.54, 1.807) is 61.7 Å². The zero-order valence-corrected chi connectivity index (χ0v) is 21.4. The number of carbonyl (C=O) groups is 2. The van der Waals surface area contributed by atoms with Gasteiger partial charge >= 0.3 is 0 Å². The first-order chi connectivity index (χ1) is 16.8. The number of nitrogens with zero attached hydrogens (tertiary/aromatic N) is 1. The molecule has 0 radical (unpaired) electrons. The van der Waals surface area contributed by atoms with E-state index in [-0.39, 0.29) is 4.32 Å². The summed E-state index contributed by atoms with van der Waals surface area (Å²) in [5.74, 6) is 0.143. The van der Waals surface area contributed by atoms with Gasteiger partial charge in [-0.15, -0.1) is 0 Å². The Hall–Kier alpha value is -3.04. The van der Waals surface area contributed by atoms with Crippen LogP contribution in [0.25, 0.3) is 6.08 Å². The molecule has 0 unspecified atom stereocenters. The van der Waals surface area contributed by atoms with Crippen molar-refractivity contribution in [3.8, 4) is 11.5 Å². The average molecular weight is 545 g/mol. The molecule has 6 nitrogen and oxygen atoms in total. The number of halogens is 2. The molecular weight excluding hydrogens is 527 g/mol. The van der Waals surface area contributed by atoms with Gasteiger partial charge in [0.1, 0.15) is 6.61 Å². The molecule has 1 N–H and O–H groups in total. The molecule has 3 aromatic carbocycles. The number of thioether (sulfide) groups is 1. The Morgan fingerprint density at radius 2 is 1.83 bits per heavy atom. The highest BCUT2D eigenvalue weighted by atomic mass is 35.5. The summed E-state index contributed by atoms with van der Waals surface area (Å²) in [6.07, 6.45) is 1.68. The zero-order valence-electron chi connectivity index (χ0n) is 18.3. The van der Waals surface area contributed by atoms with Gasteiger partial charge in [0.2, 0.25) is 0 Å². The van der Waals surface area contributed by atoms with Crippen molar-refractivity contribution in [3.63, 3.8) is 0 Å². The number of methoxy groups -OCH3 is 1. The second-order valence-electron chi connectivity index (χ2n) is 7.29. The van der Waals surface area contributed by atoms with Gasteiger partial charge < -0.3 is 9.47 Å². The zero-order chi connectivity index (χ0) is 24.9. The lowest BCUT2D eigenvalue weighted by molar-refractivity contribution is -0.123. The smallest absolute Gasteiger partial charge is 0.285 e. The van der Waals surface area contributed by atoms with Gasteiger partial charge in [-0.1, -0.05) is 59.2 Å². The molecule has 4 rings (SSSR count). The number of carbonyl (C=O) groups excluding carboxylic acids is 2. The van der Waals surface area contributed by atoms with Gasteiger partial charge in [0.05, 0.1) is 12.0 Å². The van der Waals surface area contributed by atoms with E-state index in [1.165, 1.54) is 6.07 Å². The molecule has 1 heterocycles. The Morgan fingerprint density at radius 1 is 1.06 bits per heavy atom. The minimum absolute atomic E-state index is 0.214. The van der Waals surface area contributed by atoms with E-state index in [0.29, 0.717) is 44.2 Å². The van der Waals surface area contributed by atoms with E-state index in [9.17, 15) is 9.59 Å². The number of nitrogens with one attached hydrogen (secondary N) is 1. The van der Waals surface area contributed by atoms with E-state index in [4.69, 9.17) is 44.9 Å². The van der Waals surface area contributed by atoms with Crippen LogP contribution in [-0.2, 0) is 11.4 Å². The number of rotatable bonds is 7. The molecule has 0 spiro atoms. The summed E-state index contributed by atoms with van der Waals surface area (Å²) in [5.41, 5.74) is 4.52. The monoisotopic (exact) mass is 544 g/mol. The number of hydrogen-bond acceptors (Lipinski definition) is 6. The van der Waals surface area contributed by atoms with Crippen LogP contribution in [0.3, 0.4) is 0 Å². The quantitative estimate of drug-likeness (QED) is 0.285. The Kier molecular flexibility index (Phi) is 7.97. The molecule has 178 valence electrons. The lowest BCUT2D eigenvalue weighted by Gasteiger charge is -2.15. The van der Waals surface area contributed by atoms with Crippen molar-refractivity contribution in [2.24, 2.45) is 0 Å². The Bertz CT molecular complexity index is 1330. The summed E-state index contributed by atoms with van der Waals surface area (Å²) >= 11 is 18.3. The summed E-state index contributed by atoms with van der Waals surface area (Å²) in [6, 6.07) is 19.1. The van der Waals surface area contributed by atoms with Gasteiger partial charge in [-0.3, -0.25) is 15.0 Å². The molecule has 2 amide bonds. The molecule has 1 fully saturated rings. The predicted molar refractivity (Wildman–Crippen MR) is 143 cm³/mol. The molecule has 1 aliphatic rings. The molecule has 1 aliphatic heterocycles. The normalized spacial score (nSPS) is 14.4. The van der Waals surface area contributed by atoms with Crippen LogP contribution in [0.1, 0.15) is 21.5 Å². The highest BCUT2D eigenvalue weighted by molar-refractivity contribution is 8.26. The van der Waals surface area contributed by atoms with Crippen molar-refractivity contribution in [3.05, 3.63) is 98.4 Å². The molecular formula is C25H18Cl2N2O4S2. The molecule has 0 aliphatic carbocycles. The number of amides is 2. The van der Waals surface area contributed by atoms with E-state index in [1.807, 2.05) is 12.1 Å². The predicted octanol–water partition coefficient (Wildman–Crippen LogP) is 6.13. The minimum atomic E-state index is -0.492. The first-order valence-corrected chi connectivity index (χ1v) is 12.2. The maximum atomic E-state index is 12.9. The largest absolute Gasteiger partial charge is 0.493 e. The first-order valence-electron chi connectivity index (χ1n) is 10.2. The van der Waals surface area contributed by atoms with Crippen molar-refractivity contribution < 1.29 is 19.1 Å². The lowest BCUT2D eigenvalue weighted by atomic mass is 10.2. The molecule has 10 heteroatoms. The van der Waals surface area contributed by atoms with Gasteiger partial charge in [-0.05, 0) is 71.9 Å². The van der Waals surface area contributed by atoms with Crippen LogP contribution in [0.2, 0.25) is 10.0 Å². The highest BCUT2D eigenvalue weighted by Gasteiger charge is 2.33.